The predicted molar refractivity (Wildman–Crippen MR) is 189 cm³/mol. The van der Waals surface area contributed by atoms with Crippen LogP contribution in [0.5, 0.6) is 0 Å². The summed E-state index contributed by atoms with van der Waals surface area (Å²) >= 11 is 1.46. The van der Waals surface area contributed by atoms with E-state index < -0.39 is 0 Å². The SMILES string of the molecule is CC(C)(C)c1[c-]c2c(cc1)-c1ccc(C(C)(C)C)cc1C2.Cc1cc(C2C3CC4CC(C3)CC2C4)c[cH-]1.[Cl-].[Cl-].[Zr+2]=[CH]c1ccccc1. The van der Waals surface area contributed by atoms with E-state index in [0.29, 0.717) is 0 Å². The molecule has 4 bridgehead atoms. The fourth-order valence-corrected chi connectivity index (χ4v) is 9.31. The summed E-state index contributed by atoms with van der Waals surface area (Å²) in [5.41, 5.74) is 13.2. The normalized spacial score (nSPS) is 23.1. The van der Waals surface area contributed by atoms with Crippen molar-refractivity contribution in [3.63, 3.8) is 0 Å². The average molecular weight is 743 g/mol. The van der Waals surface area contributed by atoms with E-state index in [9.17, 15) is 0 Å². The molecule has 0 unspecified atom stereocenters. The van der Waals surface area contributed by atoms with Gasteiger partial charge in [0.15, 0.2) is 0 Å². The molecule has 4 fully saturated rings. The fourth-order valence-electron chi connectivity index (χ4n) is 8.84. The molecule has 0 aromatic heterocycles. The van der Waals surface area contributed by atoms with E-state index in [4.69, 9.17) is 0 Å². The third-order valence-electron chi connectivity index (χ3n) is 11.0. The Bertz CT molecular complexity index is 1540. The standard InChI is InChI=1S/C21H25.C16H21.C7H6.2ClH.Zr/c1-20(2,3)16-7-9-18-14(12-16)11-15-13-17(21(4,5)6)8-10-19(15)18;1-10-2-3-13(4-10)16-14-6-11-5-12(8-14)9-15(16)7-11;1-7-5-3-2-4-6-7;;;/h7-10,12H,11H2,1-6H3;2-4,11-12,14-16H,5-9H2,1H3;1-6H;2*1H;/q2*-1;;;;+2/p-2. The fraction of sp³-hybridized carbons (Fsp3) is 0.455. The van der Waals surface area contributed by atoms with Gasteiger partial charge in [-0.3, -0.25) is 0 Å². The Labute approximate surface area is 313 Å². The minimum absolute atomic E-state index is 0. The van der Waals surface area contributed by atoms with Crippen molar-refractivity contribution in [2.45, 2.75) is 104 Å². The predicted octanol–water partition coefficient (Wildman–Crippen LogP) is 5.30. The molecule has 4 saturated carbocycles. The summed E-state index contributed by atoms with van der Waals surface area (Å²) in [5, 5.41) is 0. The van der Waals surface area contributed by atoms with Crippen molar-refractivity contribution < 1.29 is 49.0 Å². The van der Waals surface area contributed by atoms with Gasteiger partial charge in [-0.15, -0.1) is 11.1 Å². The van der Waals surface area contributed by atoms with Crippen LogP contribution in [0.3, 0.4) is 0 Å². The molecule has 0 N–H and O–H groups in total. The van der Waals surface area contributed by atoms with Crippen molar-refractivity contribution in [3.8, 4) is 11.1 Å². The van der Waals surface area contributed by atoms with Gasteiger partial charge >= 0.3 is 63.8 Å². The van der Waals surface area contributed by atoms with Crippen LogP contribution in [0.2, 0.25) is 0 Å². The van der Waals surface area contributed by atoms with Crippen LogP contribution in [-0.4, -0.2) is 3.71 Å². The van der Waals surface area contributed by atoms with E-state index in [1.165, 1.54) is 68.7 Å². The second kappa shape index (κ2) is 15.5. The third kappa shape index (κ3) is 8.75. The Morgan fingerprint density at radius 1 is 0.745 bits per heavy atom. The van der Waals surface area contributed by atoms with Gasteiger partial charge in [0, 0.05) is 0 Å². The minimum atomic E-state index is 0. The molecule has 47 heavy (non-hydrogen) atoms. The van der Waals surface area contributed by atoms with Gasteiger partial charge in [0.25, 0.3) is 0 Å². The number of fused-ring (bicyclic) bond motifs is 3. The van der Waals surface area contributed by atoms with Gasteiger partial charge in [-0.05, 0) is 84.2 Å². The summed E-state index contributed by atoms with van der Waals surface area (Å²) in [6.07, 6.45) is 8.77. The van der Waals surface area contributed by atoms with Gasteiger partial charge in [0.05, 0.1) is 0 Å². The van der Waals surface area contributed by atoms with Crippen LogP contribution >= 0.6 is 0 Å². The molecule has 9 rings (SSSR count). The van der Waals surface area contributed by atoms with E-state index >= 15 is 0 Å². The summed E-state index contributed by atoms with van der Waals surface area (Å²) in [6, 6.07) is 32.7. The first-order chi connectivity index (χ1) is 21.4. The molecular weight excluding hydrogens is 691 g/mol. The first-order valence-electron chi connectivity index (χ1n) is 17.4. The first-order valence-corrected chi connectivity index (χ1v) is 18.8. The van der Waals surface area contributed by atoms with Crippen molar-refractivity contribution in [2.75, 3.05) is 0 Å². The molecule has 4 aromatic carbocycles. The topological polar surface area (TPSA) is 0 Å². The van der Waals surface area contributed by atoms with E-state index in [0.717, 1.165) is 36.0 Å². The molecule has 0 atom stereocenters. The van der Waals surface area contributed by atoms with E-state index in [-0.39, 0.29) is 35.6 Å². The molecule has 3 heteroatoms. The van der Waals surface area contributed by atoms with Crippen LogP contribution in [-0.2, 0) is 41.5 Å². The monoisotopic (exact) mass is 740 g/mol. The summed E-state index contributed by atoms with van der Waals surface area (Å²) in [4.78, 5) is 0. The zero-order valence-electron chi connectivity index (χ0n) is 29.5. The summed E-state index contributed by atoms with van der Waals surface area (Å²) in [7, 11) is 0. The average Bonchev–Trinajstić information content (AvgIpc) is 3.59. The van der Waals surface area contributed by atoms with Gasteiger partial charge in [0.2, 0.25) is 0 Å². The molecule has 0 aliphatic heterocycles. The van der Waals surface area contributed by atoms with Crippen molar-refractivity contribution in [1.29, 1.82) is 0 Å². The number of hydrogen-bond donors (Lipinski definition) is 0. The quantitative estimate of drug-likeness (QED) is 0.216. The Balaban J connectivity index is 0.000000170. The molecule has 248 valence electrons. The van der Waals surface area contributed by atoms with Gasteiger partial charge < -0.3 is 24.8 Å². The summed E-state index contributed by atoms with van der Waals surface area (Å²) in [5.74, 6) is 5.22. The second-order valence-electron chi connectivity index (χ2n) is 16.5. The Morgan fingerprint density at radius 2 is 1.36 bits per heavy atom. The number of rotatable bonds is 2. The number of benzene rings is 3. The zero-order valence-corrected chi connectivity index (χ0v) is 33.4. The summed E-state index contributed by atoms with van der Waals surface area (Å²) < 4.78 is 2.17. The van der Waals surface area contributed by atoms with Gasteiger partial charge in [0.1, 0.15) is 0 Å². The van der Waals surface area contributed by atoms with Gasteiger partial charge in [-0.1, -0.05) is 78.1 Å². The molecule has 0 saturated heterocycles. The molecule has 0 amide bonds. The molecule has 5 aliphatic carbocycles. The molecule has 4 aromatic rings. The van der Waals surface area contributed by atoms with E-state index in [1.807, 2.05) is 6.07 Å². The molecule has 0 spiro atoms. The third-order valence-corrected chi connectivity index (χ3v) is 11.8. The second-order valence-corrected chi connectivity index (χ2v) is 17.3. The van der Waals surface area contributed by atoms with Crippen molar-refractivity contribution in [2.24, 2.45) is 23.7 Å². The van der Waals surface area contributed by atoms with E-state index in [2.05, 4.69) is 131 Å². The molecule has 5 aliphatic rings. The number of hydrogen-bond acceptors (Lipinski definition) is 0. The number of halogens is 2. The molecule has 0 nitrogen and oxygen atoms in total. The van der Waals surface area contributed by atoms with Crippen molar-refractivity contribution in [1.82, 2.24) is 0 Å². The maximum absolute atomic E-state index is 3.67. The van der Waals surface area contributed by atoms with Gasteiger partial charge in [-0.2, -0.15) is 47.0 Å². The van der Waals surface area contributed by atoms with E-state index in [1.54, 1.807) is 37.7 Å². The number of aryl methyl sites for hydroxylation is 1. The van der Waals surface area contributed by atoms with Crippen molar-refractivity contribution in [3.05, 3.63) is 124 Å². The molecule has 0 radical (unpaired) electrons. The van der Waals surface area contributed by atoms with Crippen LogP contribution in [0.4, 0.5) is 0 Å². The Morgan fingerprint density at radius 3 is 1.87 bits per heavy atom. The Hall–Kier alpha value is -1.66. The Kier molecular flexibility index (Phi) is 12.6. The maximum atomic E-state index is 3.67. The van der Waals surface area contributed by atoms with Crippen molar-refractivity contribution >= 4 is 3.71 Å². The van der Waals surface area contributed by atoms with Crippen LogP contribution in [0.15, 0.2) is 78.9 Å². The molecular formula is C44H52Cl2Zr-2. The molecule has 0 heterocycles. The van der Waals surface area contributed by atoms with Crippen LogP contribution in [0.25, 0.3) is 11.1 Å². The zero-order chi connectivity index (χ0) is 31.9. The van der Waals surface area contributed by atoms with Crippen LogP contribution < -0.4 is 24.8 Å². The summed E-state index contributed by atoms with van der Waals surface area (Å²) in [6.45, 7) is 15.8. The first kappa shape index (κ1) is 38.1. The van der Waals surface area contributed by atoms with Gasteiger partial charge in [-0.25, -0.2) is 6.07 Å². The van der Waals surface area contributed by atoms with Crippen LogP contribution in [0.1, 0.15) is 119 Å². The van der Waals surface area contributed by atoms with Crippen LogP contribution in [0, 0.1) is 36.7 Å².